The van der Waals surface area contributed by atoms with Crippen molar-refractivity contribution in [2.24, 2.45) is 17.8 Å². The summed E-state index contributed by atoms with van der Waals surface area (Å²) < 4.78 is 11.3. The minimum atomic E-state index is 0.338. The average molecular weight is 545 g/mol. The van der Waals surface area contributed by atoms with E-state index < -0.39 is 0 Å². The Morgan fingerprint density at radius 2 is 1.61 bits per heavy atom. The summed E-state index contributed by atoms with van der Waals surface area (Å²) in [7, 11) is 1.64. The minimum Gasteiger partial charge on any atom is -0.497 e. The Morgan fingerprint density at radius 3 is 2.41 bits per heavy atom. The first-order chi connectivity index (χ1) is 20.2. The predicted octanol–water partition coefficient (Wildman–Crippen LogP) is 6.51. The van der Waals surface area contributed by atoms with Crippen molar-refractivity contribution in [3.05, 3.63) is 103 Å². The Labute approximate surface area is 239 Å². The molecule has 7 rings (SSSR count). The zero-order valence-corrected chi connectivity index (χ0v) is 22.9. The van der Waals surface area contributed by atoms with Crippen molar-refractivity contribution in [1.82, 2.24) is 14.9 Å². The van der Waals surface area contributed by atoms with Gasteiger partial charge < -0.3 is 19.9 Å². The van der Waals surface area contributed by atoms with Crippen molar-refractivity contribution >= 4 is 22.4 Å². The normalized spacial score (nSPS) is 19.6. The topological polar surface area (TPSA) is 79.7 Å². The molecule has 1 saturated heterocycles. The molecule has 2 fully saturated rings. The fourth-order valence-electron chi connectivity index (χ4n) is 6.12. The number of fused-ring (bicyclic) bond motifs is 2. The molecule has 1 aliphatic carbocycles. The van der Waals surface area contributed by atoms with Gasteiger partial charge in [0.25, 0.3) is 0 Å². The third-order valence-electron chi connectivity index (χ3n) is 8.35. The minimum absolute atomic E-state index is 0.338. The van der Waals surface area contributed by atoms with E-state index in [2.05, 4.69) is 62.6 Å². The lowest BCUT2D eigenvalue weighted by molar-refractivity contribution is 0.217. The quantitative estimate of drug-likeness (QED) is 0.219. The van der Waals surface area contributed by atoms with Crippen LogP contribution < -0.4 is 14.8 Å². The van der Waals surface area contributed by atoms with Gasteiger partial charge in [0.1, 0.15) is 29.4 Å². The lowest BCUT2D eigenvalue weighted by Crippen LogP contribution is -2.24. The number of aliphatic hydroxyl groups is 1. The molecule has 1 aromatic heterocycles. The van der Waals surface area contributed by atoms with Crippen molar-refractivity contribution in [1.29, 1.82) is 0 Å². The van der Waals surface area contributed by atoms with E-state index >= 15 is 0 Å². The molecule has 0 bridgehead atoms. The third-order valence-corrected chi connectivity index (χ3v) is 8.35. The summed E-state index contributed by atoms with van der Waals surface area (Å²) in [4.78, 5) is 11.6. The first kappa shape index (κ1) is 25.5. The molecule has 4 aromatic carbocycles. The number of aromatic nitrogens is 2. The second-order valence-corrected chi connectivity index (χ2v) is 11.0. The summed E-state index contributed by atoms with van der Waals surface area (Å²) in [5.74, 6) is 4.86. The largest absolute Gasteiger partial charge is 0.497 e. The maximum atomic E-state index is 9.46. The summed E-state index contributed by atoms with van der Waals surface area (Å²) >= 11 is 0. The summed E-state index contributed by atoms with van der Waals surface area (Å²) in [6.07, 6.45) is 1.59. The Hall–Kier alpha value is -4.46. The molecule has 1 aliphatic heterocycles. The van der Waals surface area contributed by atoms with Gasteiger partial charge in [-0.15, -0.1) is 0 Å². The Bertz CT molecular complexity index is 1680. The number of hydrogen-bond acceptors (Lipinski definition) is 7. The maximum Gasteiger partial charge on any atom is 0.141 e. The molecular weight excluding hydrogens is 512 g/mol. The summed E-state index contributed by atoms with van der Waals surface area (Å²) in [6.45, 7) is 3.47. The summed E-state index contributed by atoms with van der Waals surface area (Å²) in [5.41, 5.74) is 5.40. The zero-order valence-electron chi connectivity index (χ0n) is 22.9. The van der Waals surface area contributed by atoms with E-state index in [1.54, 1.807) is 13.4 Å². The van der Waals surface area contributed by atoms with Crippen LogP contribution in [-0.2, 0) is 6.54 Å². The van der Waals surface area contributed by atoms with Crippen LogP contribution in [0.5, 0.6) is 17.2 Å². The molecule has 7 heteroatoms. The number of rotatable bonds is 9. The number of hydrogen-bond donors (Lipinski definition) is 2. The number of nitrogens with one attached hydrogen (secondary N) is 1. The van der Waals surface area contributed by atoms with Gasteiger partial charge in [-0.05, 0) is 89.0 Å². The first-order valence-electron chi connectivity index (χ1n) is 14.0. The van der Waals surface area contributed by atoms with Gasteiger partial charge in [0.2, 0.25) is 0 Å². The van der Waals surface area contributed by atoms with Crippen LogP contribution in [0.25, 0.3) is 22.0 Å². The smallest absolute Gasteiger partial charge is 0.141 e. The van der Waals surface area contributed by atoms with Crippen LogP contribution in [0.1, 0.15) is 5.56 Å². The van der Waals surface area contributed by atoms with Crippen molar-refractivity contribution in [2.45, 2.75) is 6.54 Å². The maximum absolute atomic E-state index is 9.46. The molecule has 7 nitrogen and oxygen atoms in total. The molecule has 0 amide bonds. The highest BCUT2D eigenvalue weighted by atomic mass is 16.5. The second kappa shape index (κ2) is 10.8. The highest BCUT2D eigenvalue weighted by Gasteiger charge is 2.54. The highest BCUT2D eigenvalue weighted by Crippen LogP contribution is 2.51. The Balaban J connectivity index is 1.08. The van der Waals surface area contributed by atoms with Gasteiger partial charge in [-0.25, -0.2) is 9.97 Å². The Morgan fingerprint density at radius 1 is 0.829 bits per heavy atom. The van der Waals surface area contributed by atoms with Crippen molar-refractivity contribution in [2.75, 3.05) is 32.1 Å². The van der Waals surface area contributed by atoms with Crippen molar-refractivity contribution in [3.63, 3.8) is 0 Å². The lowest BCUT2D eigenvalue weighted by atomic mass is 10.0. The number of ether oxygens (including phenoxy) is 2. The molecular formula is C34H32N4O3. The van der Waals surface area contributed by atoms with Crippen LogP contribution in [0.2, 0.25) is 0 Å². The number of likely N-dealkylation sites (tertiary alicyclic amines) is 1. The van der Waals surface area contributed by atoms with Crippen LogP contribution in [0.15, 0.2) is 97.3 Å². The lowest BCUT2D eigenvalue weighted by Gasteiger charge is -2.19. The fourth-order valence-corrected chi connectivity index (χ4v) is 6.12. The van der Waals surface area contributed by atoms with E-state index in [1.807, 2.05) is 48.5 Å². The fraction of sp³-hybridized carbons (Fsp3) is 0.235. The van der Waals surface area contributed by atoms with E-state index in [-0.39, 0.29) is 0 Å². The van der Waals surface area contributed by atoms with Gasteiger partial charge in [-0.1, -0.05) is 30.3 Å². The number of aliphatic hydroxyl groups excluding tert-OH is 1. The molecule has 2 aliphatic rings. The van der Waals surface area contributed by atoms with Crippen LogP contribution in [0.4, 0.5) is 11.5 Å². The molecule has 0 radical (unpaired) electrons. The van der Waals surface area contributed by atoms with E-state index in [4.69, 9.17) is 9.47 Å². The first-order valence-corrected chi connectivity index (χ1v) is 14.0. The number of methoxy groups -OCH3 is 1. The molecule has 5 aromatic rings. The van der Waals surface area contributed by atoms with Gasteiger partial charge in [-0.2, -0.15) is 0 Å². The van der Waals surface area contributed by atoms with E-state index in [1.165, 1.54) is 11.1 Å². The number of anilines is 2. The summed E-state index contributed by atoms with van der Waals surface area (Å²) in [5, 5.41) is 13.9. The molecule has 0 spiro atoms. The van der Waals surface area contributed by atoms with Crippen molar-refractivity contribution in [3.8, 4) is 28.4 Å². The van der Waals surface area contributed by atoms with Gasteiger partial charge in [0, 0.05) is 43.4 Å². The van der Waals surface area contributed by atoms with Crippen LogP contribution in [-0.4, -0.2) is 46.8 Å². The molecule has 1 saturated carbocycles. The van der Waals surface area contributed by atoms with Crippen molar-refractivity contribution < 1.29 is 14.6 Å². The molecule has 2 atom stereocenters. The molecule has 2 heterocycles. The molecule has 206 valence electrons. The van der Waals surface area contributed by atoms with Gasteiger partial charge in [-0.3, -0.25) is 4.90 Å². The molecule has 41 heavy (non-hydrogen) atoms. The highest BCUT2D eigenvalue weighted by molar-refractivity contribution is 5.93. The molecule has 2 N–H and O–H groups in total. The standard InChI is InChI=1S/C34H32N4O3/c1-40-27-6-3-7-28(16-27)41-26-11-9-25(10-12-26)37-34-29-15-24(8-13-33(29)35-21-36-34)23-5-2-4-22(14-23)17-38-18-30-31(19-38)32(30)20-39/h2-16,21,30-32,39H,17-20H2,1H3,(H,35,36,37). The summed E-state index contributed by atoms with van der Waals surface area (Å²) in [6, 6.07) is 30.5. The van der Waals surface area contributed by atoms with E-state index in [0.29, 0.717) is 24.4 Å². The Kier molecular flexibility index (Phi) is 6.74. The monoisotopic (exact) mass is 544 g/mol. The average Bonchev–Trinajstić information content (AvgIpc) is 3.50. The number of nitrogens with zero attached hydrogens (tertiary/aromatic N) is 3. The van der Waals surface area contributed by atoms with Crippen LogP contribution >= 0.6 is 0 Å². The SMILES string of the molecule is COc1cccc(Oc2ccc(Nc3ncnc4ccc(-c5cccc(CN6CC7C(CO)C7C6)c5)cc34)cc2)c1. The predicted molar refractivity (Wildman–Crippen MR) is 161 cm³/mol. The molecule has 2 unspecified atom stereocenters. The van der Waals surface area contributed by atoms with Crippen LogP contribution in [0, 0.1) is 17.8 Å². The van der Waals surface area contributed by atoms with Gasteiger partial charge in [0.15, 0.2) is 0 Å². The van der Waals surface area contributed by atoms with E-state index in [0.717, 1.165) is 64.9 Å². The third kappa shape index (κ3) is 5.34. The second-order valence-electron chi connectivity index (χ2n) is 11.0. The number of piperidine rings is 1. The van der Waals surface area contributed by atoms with Crippen LogP contribution in [0.3, 0.4) is 0 Å². The zero-order chi connectivity index (χ0) is 27.8. The number of benzene rings is 4. The van der Waals surface area contributed by atoms with Gasteiger partial charge in [0.05, 0.1) is 12.6 Å². The van der Waals surface area contributed by atoms with E-state index in [9.17, 15) is 5.11 Å². The van der Waals surface area contributed by atoms with Gasteiger partial charge >= 0.3 is 0 Å².